The van der Waals surface area contributed by atoms with Crippen molar-refractivity contribution in [2.24, 2.45) is 0 Å². The molecule has 2 aromatic rings. The van der Waals surface area contributed by atoms with Crippen molar-refractivity contribution in [3.8, 4) is 0 Å². The first kappa shape index (κ1) is 15.3. The summed E-state index contributed by atoms with van der Waals surface area (Å²) in [7, 11) is 0. The van der Waals surface area contributed by atoms with Gasteiger partial charge in [0.2, 0.25) is 0 Å². The van der Waals surface area contributed by atoms with E-state index in [1.165, 1.54) is 6.07 Å². The minimum absolute atomic E-state index is 0.232. The number of hydrogen-bond donors (Lipinski definition) is 1. The maximum Gasteiger partial charge on any atom is 0.251 e. The van der Waals surface area contributed by atoms with Gasteiger partial charge in [0.25, 0.3) is 5.91 Å². The maximum absolute atomic E-state index is 13.4. The molecule has 0 saturated carbocycles. The Hall–Kier alpha value is -1.14. The van der Waals surface area contributed by atoms with E-state index in [0.29, 0.717) is 16.1 Å². The van der Waals surface area contributed by atoms with E-state index in [4.69, 9.17) is 11.6 Å². The standard InChI is InChI=1S/C15H12ClFINO/c1-9-2-3-10(6-13(9)17)8-19-15(20)11-4-5-14(18)12(16)7-11/h2-7H,8H2,1H3,(H,19,20). The highest BCUT2D eigenvalue weighted by Gasteiger charge is 2.08. The molecule has 0 fully saturated rings. The number of nitrogens with one attached hydrogen (secondary N) is 1. The van der Waals surface area contributed by atoms with Crippen LogP contribution in [0.25, 0.3) is 0 Å². The van der Waals surface area contributed by atoms with E-state index in [9.17, 15) is 9.18 Å². The first-order chi connectivity index (χ1) is 9.47. The van der Waals surface area contributed by atoms with Crippen LogP contribution >= 0.6 is 34.2 Å². The second-order valence-electron chi connectivity index (χ2n) is 4.40. The fourth-order valence-corrected chi connectivity index (χ4v) is 2.18. The van der Waals surface area contributed by atoms with Crippen LogP contribution in [0.2, 0.25) is 5.02 Å². The number of carbonyl (C=O) groups excluding carboxylic acids is 1. The second-order valence-corrected chi connectivity index (χ2v) is 5.96. The minimum Gasteiger partial charge on any atom is -0.348 e. The van der Waals surface area contributed by atoms with E-state index in [-0.39, 0.29) is 18.3 Å². The van der Waals surface area contributed by atoms with Gasteiger partial charge in [0.1, 0.15) is 5.82 Å². The first-order valence-corrected chi connectivity index (χ1v) is 7.41. The van der Waals surface area contributed by atoms with Gasteiger partial charge >= 0.3 is 0 Å². The van der Waals surface area contributed by atoms with Gasteiger partial charge < -0.3 is 5.32 Å². The average molecular weight is 404 g/mol. The van der Waals surface area contributed by atoms with Crippen molar-refractivity contribution in [2.45, 2.75) is 13.5 Å². The highest BCUT2D eigenvalue weighted by atomic mass is 127. The van der Waals surface area contributed by atoms with Gasteiger partial charge in [0.05, 0.1) is 5.02 Å². The first-order valence-electron chi connectivity index (χ1n) is 5.95. The molecular weight excluding hydrogens is 392 g/mol. The lowest BCUT2D eigenvalue weighted by molar-refractivity contribution is 0.0951. The van der Waals surface area contributed by atoms with Crippen LogP contribution in [0, 0.1) is 16.3 Å². The van der Waals surface area contributed by atoms with Crippen LogP contribution in [-0.2, 0) is 6.54 Å². The predicted octanol–water partition coefficient (Wildman–Crippen LogP) is 4.32. The van der Waals surface area contributed by atoms with E-state index >= 15 is 0 Å². The molecule has 0 atom stereocenters. The van der Waals surface area contributed by atoms with Gasteiger partial charge in [-0.15, -0.1) is 0 Å². The molecule has 2 aromatic carbocycles. The number of aryl methyl sites for hydroxylation is 1. The number of carbonyl (C=O) groups is 1. The van der Waals surface area contributed by atoms with Crippen molar-refractivity contribution >= 4 is 40.1 Å². The fourth-order valence-electron chi connectivity index (χ4n) is 1.67. The third kappa shape index (κ3) is 3.70. The highest BCUT2D eigenvalue weighted by Crippen LogP contribution is 2.19. The van der Waals surface area contributed by atoms with Gasteiger partial charge in [-0.05, 0) is 64.9 Å². The van der Waals surface area contributed by atoms with Crippen molar-refractivity contribution in [3.05, 3.63) is 67.5 Å². The Morgan fingerprint density at radius 3 is 2.70 bits per heavy atom. The van der Waals surface area contributed by atoms with Crippen LogP contribution in [0.4, 0.5) is 4.39 Å². The highest BCUT2D eigenvalue weighted by molar-refractivity contribution is 14.1. The van der Waals surface area contributed by atoms with Gasteiger partial charge in [-0.25, -0.2) is 4.39 Å². The Bertz CT molecular complexity index is 660. The maximum atomic E-state index is 13.4. The molecule has 1 amide bonds. The molecule has 104 valence electrons. The molecule has 0 heterocycles. The zero-order valence-electron chi connectivity index (χ0n) is 10.7. The fraction of sp³-hybridized carbons (Fsp3) is 0.133. The lowest BCUT2D eigenvalue weighted by Crippen LogP contribution is -2.22. The zero-order valence-corrected chi connectivity index (χ0v) is 13.6. The summed E-state index contributed by atoms with van der Waals surface area (Å²) < 4.78 is 14.3. The molecule has 0 aliphatic carbocycles. The summed E-state index contributed by atoms with van der Waals surface area (Å²) in [4.78, 5) is 12.0. The third-order valence-electron chi connectivity index (χ3n) is 2.87. The summed E-state index contributed by atoms with van der Waals surface area (Å²) in [5.41, 5.74) is 1.80. The number of hydrogen-bond acceptors (Lipinski definition) is 1. The van der Waals surface area contributed by atoms with Crippen LogP contribution in [0.1, 0.15) is 21.5 Å². The molecule has 0 unspecified atom stereocenters. The predicted molar refractivity (Wildman–Crippen MR) is 86.5 cm³/mol. The largest absolute Gasteiger partial charge is 0.348 e. The molecule has 0 radical (unpaired) electrons. The van der Waals surface area contributed by atoms with E-state index in [2.05, 4.69) is 27.9 Å². The minimum atomic E-state index is -0.269. The van der Waals surface area contributed by atoms with E-state index in [1.807, 2.05) is 0 Å². The van der Waals surface area contributed by atoms with Gasteiger partial charge in [-0.1, -0.05) is 23.7 Å². The summed E-state index contributed by atoms with van der Waals surface area (Å²) in [5.74, 6) is -0.502. The molecule has 1 N–H and O–H groups in total. The SMILES string of the molecule is Cc1ccc(CNC(=O)c2ccc(I)c(Cl)c2)cc1F. The number of rotatable bonds is 3. The van der Waals surface area contributed by atoms with Crippen molar-refractivity contribution in [1.82, 2.24) is 5.32 Å². The molecule has 0 aromatic heterocycles. The van der Waals surface area contributed by atoms with Crippen molar-refractivity contribution in [2.75, 3.05) is 0 Å². The summed E-state index contributed by atoms with van der Waals surface area (Å²) in [5, 5.41) is 3.28. The smallest absolute Gasteiger partial charge is 0.251 e. The third-order valence-corrected chi connectivity index (χ3v) is 4.44. The monoisotopic (exact) mass is 403 g/mol. The number of benzene rings is 2. The molecule has 0 saturated heterocycles. The average Bonchev–Trinajstić information content (AvgIpc) is 2.43. The second kappa shape index (κ2) is 6.54. The Morgan fingerprint density at radius 1 is 1.30 bits per heavy atom. The summed E-state index contributed by atoms with van der Waals surface area (Å²) in [6.07, 6.45) is 0. The van der Waals surface area contributed by atoms with Crippen LogP contribution in [0.3, 0.4) is 0 Å². The lowest BCUT2D eigenvalue weighted by atomic mass is 10.1. The molecule has 5 heteroatoms. The molecule has 0 aliphatic heterocycles. The summed E-state index contributed by atoms with van der Waals surface area (Å²) >= 11 is 8.07. The van der Waals surface area contributed by atoms with Gasteiger partial charge in [0.15, 0.2) is 0 Å². The van der Waals surface area contributed by atoms with Crippen LogP contribution in [0.5, 0.6) is 0 Å². The summed E-state index contributed by atoms with van der Waals surface area (Å²) in [6.45, 7) is 1.98. The Balaban J connectivity index is 2.04. The molecule has 0 bridgehead atoms. The van der Waals surface area contributed by atoms with Crippen molar-refractivity contribution in [1.29, 1.82) is 0 Å². The van der Waals surface area contributed by atoms with Gasteiger partial charge in [-0.2, -0.15) is 0 Å². The van der Waals surface area contributed by atoms with Crippen LogP contribution in [-0.4, -0.2) is 5.91 Å². The molecule has 2 rings (SSSR count). The zero-order chi connectivity index (χ0) is 14.7. The molecule has 20 heavy (non-hydrogen) atoms. The molecular formula is C15H12ClFINO. The quantitative estimate of drug-likeness (QED) is 0.760. The molecule has 0 aliphatic rings. The number of amides is 1. The van der Waals surface area contributed by atoms with Crippen LogP contribution in [0.15, 0.2) is 36.4 Å². The molecule has 2 nitrogen and oxygen atoms in total. The van der Waals surface area contributed by atoms with Gasteiger partial charge in [0, 0.05) is 15.7 Å². The Morgan fingerprint density at radius 2 is 2.05 bits per heavy atom. The van der Waals surface area contributed by atoms with E-state index in [1.54, 1.807) is 37.3 Å². The van der Waals surface area contributed by atoms with E-state index in [0.717, 1.165) is 9.13 Å². The van der Waals surface area contributed by atoms with Crippen molar-refractivity contribution < 1.29 is 9.18 Å². The van der Waals surface area contributed by atoms with Crippen molar-refractivity contribution in [3.63, 3.8) is 0 Å². The Kier molecular flexibility index (Phi) is 4.99. The Labute approximate surface area is 135 Å². The van der Waals surface area contributed by atoms with Gasteiger partial charge in [-0.3, -0.25) is 4.79 Å². The summed E-state index contributed by atoms with van der Waals surface area (Å²) in [6, 6.07) is 10.0. The molecule has 0 spiro atoms. The van der Waals surface area contributed by atoms with E-state index < -0.39 is 0 Å². The van der Waals surface area contributed by atoms with Crippen LogP contribution < -0.4 is 5.32 Å². The lowest BCUT2D eigenvalue weighted by Gasteiger charge is -2.07. The normalized spacial score (nSPS) is 10.4. The topological polar surface area (TPSA) is 29.1 Å². The number of halogens is 3.